The lowest BCUT2D eigenvalue weighted by atomic mass is 10.1. The fourth-order valence-corrected chi connectivity index (χ4v) is 2.62. The van der Waals surface area contributed by atoms with Crippen molar-refractivity contribution in [2.45, 2.75) is 18.9 Å². The third-order valence-corrected chi connectivity index (χ3v) is 3.71. The van der Waals surface area contributed by atoms with E-state index in [0.29, 0.717) is 19.4 Å². The van der Waals surface area contributed by atoms with Crippen molar-refractivity contribution in [1.29, 1.82) is 0 Å². The van der Waals surface area contributed by atoms with E-state index < -0.39 is 6.04 Å². The summed E-state index contributed by atoms with van der Waals surface area (Å²) in [5, 5.41) is 1.96. The van der Waals surface area contributed by atoms with E-state index in [2.05, 4.69) is 15.9 Å². The summed E-state index contributed by atoms with van der Waals surface area (Å²) in [6.07, 6.45) is 1.00. The van der Waals surface area contributed by atoms with Gasteiger partial charge in [-0.3, -0.25) is 4.79 Å². The van der Waals surface area contributed by atoms with Crippen LogP contribution >= 0.6 is 27.3 Å². The van der Waals surface area contributed by atoms with Crippen molar-refractivity contribution in [3.05, 3.63) is 20.8 Å². The monoisotopic (exact) mass is 291 g/mol. The quantitative estimate of drug-likeness (QED) is 0.872. The maximum Gasteiger partial charge on any atom is 0.154 e. The zero-order chi connectivity index (χ0) is 11.3. The average Bonchev–Trinajstić information content (AvgIpc) is 2.60. The number of methoxy groups -OCH3 is 1. The van der Waals surface area contributed by atoms with Gasteiger partial charge in [-0.25, -0.2) is 0 Å². The van der Waals surface area contributed by atoms with Crippen molar-refractivity contribution in [2.24, 2.45) is 5.73 Å². The first-order valence-corrected chi connectivity index (χ1v) is 6.31. The van der Waals surface area contributed by atoms with E-state index in [1.807, 2.05) is 11.4 Å². The van der Waals surface area contributed by atoms with Crippen molar-refractivity contribution in [1.82, 2.24) is 0 Å². The van der Waals surface area contributed by atoms with Gasteiger partial charge in [0.15, 0.2) is 5.78 Å². The second-order valence-corrected chi connectivity index (χ2v) is 5.17. The molecule has 1 aromatic heterocycles. The smallest absolute Gasteiger partial charge is 0.154 e. The molecule has 0 aromatic carbocycles. The Hall–Kier alpha value is -0.230. The summed E-state index contributed by atoms with van der Waals surface area (Å²) in [7, 11) is 1.60. The normalized spacial score (nSPS) is 12.7. The van der Waals surface area contributed by atoms with Gasteiger partial charge in [0.25, 0.3) is 0 Å². The molecule has 1 unspecified atom stereocenters. The van der Waals surface area contributed by atoms with Crippen molar-refractivity contribution >= 4 is 33.0 Å². The minimum atomic E-state index is -0.411. The maximum atomic E-state index is 11.6. The van der Waals surface area contributed by atoms with E-state index >= 15 is 0 Å². The van der Waals surface area contributed by atoms with Crippen LogP contribution < -0.4 is 5.73 Å². The molecule has 2 N–H and O–H groups in total. The predicted octanol–water partition coefficient (Wildman–Crippen LogP) is 1.99. The molecular weight excluding hydrogens is 278 g/mol. The molecule has 0 bridgehead atoms. The van der Waals surface area contributed by atoms with Gasteiger partial charge in [-0.05, 0) is 28.4 Å². The Morgan fingerprint density at radius 2 is 2.47 bits per heavy atom. The molecule has 0 aliphatic rings. The fourth-order valence-electron chi connectivity index (χ4n) is 1.16. The van der Waals surface area contributed by atoms with E-state index in [1.54, 1.807) is 18.4 Å². The first-order chi connectivity index (χ1) is 7.13. The number of carbonyl (C=O) groups excluding carboxylic acids is 1. The number of hydrogen-bond donors (Lipinski definition) is 1. The number of ketones is 1. The lowest BCUT2D eigenvalue weighted by molar-refractivity contribution is -0.120. The molecule has 0 spiro atoms. The summed E-state index contributed by atoms with van der Waals surface area (Å²) in [6, 6.07) is 1.54. The molecule has 3 nitrogen and oxygen atoms in total. The van der Waals surface area contributed by atoms with E-state index in [0.717, 1.165) is 9.35 Å². The molecule has 0 saturated carbocycles. The number of hydrogen-bond acceptors (Lipinski definition) is 4. The van der Waals surface area contributed by atoms with Gasteiger partial charge in [0.05, 0.1) is 6.04 Å². The fraction of sp³-hybridized carbons (Fsp3) is 0.500. The first kappa shape index (κ1) is 12.8. The highest BCUT2D eigenvalue weighted by Crippen LogP contribution is 2.20. The Balaban J connectivity index is 2.41. The summed E-state index contributed by atoms with van der Waals surface area (Å²) >= 11 is 4.91. The summed E-state index contributed by atoms with van der Waals surface area (Å²) in [5.41, 5.74) is 5.72. The van der Waals surface area contributed by atoms with Gasteiger partial charge >= 0.3 is 0 Å². The van der Waals surface area contributed by atoms with Crippen LogP contribution in [0.2, 0.25) is 0 Å². The first-order valence-electron chi connectivity index (χ1n) is 4.63. The highest BCUT2D eigenvalue weighted by Gasteiger charge is 2.14. The molecule has 0 amide bonds. The minimum absolute atomic E-state index is 0.0707. The SMILES string of the molecule is COCCC(N)C(=O)Cc1cc(Br)cs1. The van der Waals surface area contributed by atoms with Crippen LogP contribution in [0.5, 0.6) is 0 Å². The molecule has 5 heteroatoms. The van der Waals surface area contributed by atoms with Crippen LogP contribution in [-0.2, 0) is 16.0 Å². The van der Waals surface area contributed by atoms with E-state index in [4.69, 9.17) is 10.5 Å². The molecule has 0 aliphatic carbocycles. The van der Waals surface area contributed by atoms with Gasteiger partial charge in [-0.1, -0.05) is 0 Å². The van der Waals surface area contributed by atoms with Crippen LogP contribution in [0.25, 0.3) is 0 Å². The Labute approximate surface area is 102 Å². The Kier molecular flexibility index (Phi) is 5.45. The molecule has 1 heterocycles. The molecular formula is C10H14BrNO2S. The molecule has 0 saturated heterocycles. The molecule has 15 heavy (non-hydrogen) atoms. The summed E-state index contributed by atoms with van der Waals surface area (Å²) in [4.78, 5) is 12.7. The third kappa shape index (κ3) is 4.42. The zero-order valence-electron chi connectivity index (χ0n) is 8.53. The highest BCUT2D eigenvalue weighted by molar-refractivity contribution is 9.10. The molecule has 1 rings (SSSR count). The number of rotatable bonds is 6. The maximum absolute atomic E-state index is 11.6. The van der Waals surface area contributed by atoms with Crippen LogP contribution in [0.15, 0.2) is 15.9 Å². The second-order valence-electron chi connectivity index (χ2n) is 3.26. The van der Waals surface area contributed by atoms with Gasteiger partial charge < -0.3 is 10.5 Å². The van der Waals surface area contributed by atoms with E-state index in [9.17, 15) is 4.79 Å². The number of nitrogens with two attached hydrogens (primary N) is 1. The van der Waals surface area contributed by atoms with Crippen molar-refractivity contribution in [3.8, 4) is 0 Å². The van der Waals surface area contributed by atoms with Crippen LogP contribution in [0.3, 0.4) is 0 Å². The summed E-state index contributed by atoms with van der Waals surface area (Å²) in [5.74, 6) is 0.0707. The number of halogens is 1. The topological polar surface area (TPSA) is 52.3 Å². The molecule has 1 aromatic rings. The van der Waals surface area contributed by atoms with Crippen LogP contribution in [-0.4, -0.2) is 25.5 Å². The Morgan fingerprint density at radius 1 is 1.73 bits per heavy atom. The summed E-state index contributed by atoms with van der Waals surface area (Å²) in [6.45, 7) is 0.529. The van der Waals surface area contributed by atoms with Gasteiger partial charge in [-0.15, -0.1) is 11.3 Å². The van der Waals surface area contributed by atoms with Gasteiger partial charge in [0.1, 0.15) is 0 Å². The molecule has 0 aliphatic heterocycles. The number of thiophene rings is 1. The highest BCUT2D eigenvalue weighted by atomic mass is 79.9. The molecule has 0 radical (unpaired) electrons. The number of ether oxygens (including phenoxy) is 1. The number of Topliss-reactive ketones (excluding diaryl/α,β-unsaturated/α-hetero) is 1. The zero-order valence-corrected chi connectivity index (χ0v) is 10.9. The van der Waals surface area contributed by atoms with Crippen molar-refractivity contribution in [2.75, 3.05) is 13.7 Å². The summed E-state index contributed by atoms with van der Waals surface area (Å²) < 4.78 is 5.89. The van der Waals surface area contributed by atoms with Gasteiger partial charge in [-0.2, -0.15) is 0 Å². The average molecular weight is 292 g/mol. The minimum Gasteiger partial charge on any atom is -0.385 e. The van der Waals surface area contributed by atoms with Crippen molar-refractivity contribution < 1.29 is 9.53 Å². The Morgan fingerprint density at radius 3 is 3.00 bits per heavy atom. The molecule has 84 valence electrons. The van der Waals surface area contributed by atoms with Crippen LogP contribution in [0, 0.1) is 0 Å². The largest absolute Gasteiger partial charge is 0.385 e. The standard InChI is InChI=1S/C10H14BrNO2S/c1-14-3-2-9(12)10(13)5-8-4-7(11)6-15-8/h4,6,9H,2-3,5,12H2,1H3. The van der Waals surface area contributed by atoms with Gasteiger partial charge in [0.2, 0.25) is 0 Å². The second kappa shape index (κ2) is 6.37. The molecule has 0 fully saturated rings. The predicted molar refractivity (Wildman–Crippen MR) is 65.2 cm³/mol. The van der Waals surface area contributed by atoms with E-state index in [1.165, 1.54) is 0 Å². The van der Waals surface area contributed by atoms with Gasteiger partial charge in [0, 0.05) is 34.9 Å². The lowest BCUT2D eigenvalue weighted by Gasteiger charge is -2.08. The number of carbonyl (C=O) groups is 1. The van der Waals surface area contributed by atoms with E-state index in [-0.39, 0.29) is 5.78 Å². The third-order valence-electron chi connectivity index (χ3n) is 2.02. The van der Waals surface area contributed by atoms with Crippen molar-refractivity contribution in [3.63, 3.8) is 0 Å². The molecule has 1 atom stereocenters. The Bertz CT molecular complexity index is 327. The lowest BCUT2D eigenvalue weighted by Crippen LogP contribution is -2.32. The van der Waals surface area contributed by atoms with Crippen LogP contribution in [0.1, 0.15) is 11.3 Å². The van der Waals surface area contributed by atoms with Crippen LogP contribution in [0.4, 0.5) is 0 Å².